The second-order valence-corrected chi connectivity index (χ2v) is 16.2. The molecule has 224 valence electrons. The van der Waals surface area contributed by atoms with E-state index in [1.54, 1.807) is 0 Å². The average molecular weight is 545 g/mol. The summed E-state index contributed by atoms with van der Waals surface area (Å²) in [5.41, 5.74) is -0.987. The van der Waals surface area contributed by atoms with Gasteiger partial charge in [0.1, 0.15) is 11.2 Å². The molecule has 4 rings (SSSR count). The van der Waals surface area contributed by atoms with E-state index in [-0.39, 0.29) is 29.2 Å². The fraction of sp³-hybridized carbons (Fsp3) is 0.943. The summed E-state index contributed by atoms with van der Waals surface area (Å²) in [6.07, 6.45) is 14.7. The van der Waals surface area contributed by atoms with Gasteiger partial charge in [0.15, 0.2) is 0 Å². The number of carbonyl (C=O) groups is 2. The van der Waals surface area contributed by atoms with E-state index >= 15 is 0 Å². The van der Waals surface area contributed by atoms with E-state index in [1.165, 1.54) is 51.4 Å². The molecule has 0 aliphatic heterocycles. The molecule has 39 heavy (non-hydrogen) atoms. The van der Waals surface area contributed by atoms with Gasteiger partial charge in [0.25, 0.3) is 0 Å². The minimum Gasteiger partial charge on any atom is -0.459 e. The standard InChI is InChI=1S/C35H60O4/c1-10-26-15-28-12-23(3)17-34(19-26,21-28)32(6,7)38-30(36)14-25(5)31(37)39-33(8,9)35-18-24(4)13-29(22-35)16-27(11-2)20-35/h23-29H,10-22H2,1-9H3. The Morgan fingerprint density at radius 3 is 1.59 bits per heavy atom. The first-order valence-electron chi connectivity index (χ1n) is 16.6. The number of esters is 2. The molecule has 4 saturated carbocycles. The Morgan fingerprint density at radius 2 is 1.15 bits per heavy atom. The van der Waals surface area contributed by atoms with Crippen molar-refractivity contribution in [2.75, 3.05) is 0 Å². The smallest absolute Gasteiger partial charge is 0.309 e. The van der Waals surface area contributed by atoms with E-state index in [0.717, 1.165) is 49.4 Å². The monoisotopic (exact) mass is 544 g/mol. The molecule has 0 radical (unpaired) electrons. The van der Waals surface area contributed by atoms with Gasteiger partial charge in [0.2, 0.25) is 0 Å². The average Bonchev–Trinajstić information content (AvgIpc) is 2.81. The first-order valence-corrected chi connectivity index (χ1v) is 16.6. The van der Waals surface area contributed by atoms with Crippen LogP contribution in [0.1, 0.15) is 146 Å². The normalized spacial score (nSPS) is 39.5. The van der Waals surface area contributed by atoms with Gasteiger partial charge in [0, 0.05) is 10.8 Å². The van der Waals surface area contributed by atoms with Crippen molar-refractivity contribution in [2.24, 2.45) is 52.3 Å². The van der Waals surface area contributed by atoms with Crippen molar-refractivity contribution >= 4 is 11.9 Å². The zero-order chi connectivity index (χ0) is 28.8. The third kappa shape index (κ3) is 6.25. The SMILES string of the molecule is CCC1CC2CC(C)CC(C(C)(C)OC(=O)CC(C)C(=O)OC(C)(C)C34CC(C)CC(CC(CC)C3)C4)(C1)C2. The van der Waals surface area contributed by atoms with Gasteiger partial charge in [-0.05, 0) is 127 Å². The van der Waals surface area contributed by atoms with Crippen LogP contribution in [0.25, 0.3) is 0 Å². The number of ether oxygens (including phenoxy) is 2. The Morgan fingerprint density at radius 1 is 0.718 bits per heavy atom. The van der Waals surface area contributed by atoms with Gasteiger partial charge in [-0.2, -0.15) is 0 Å². The summed E-state index contributed by atoms with van der Waals surface area (Å²) in [7, 11) is 0. The van der Waals surface area contributed by atoms with Gasteiger partial charge in [-0.3, -0.25) is 9.59 Å². The van der Waals surface area contributed by atoms with Gasteiger partial charge in [-0.1, -0.05) is 47.5 Å². The topological polar surface area (TPSA) is 52.6 Å². The molecule has 4 fully saturated rings. The summed E-state index contributed by atoms with van der Waals surface area (Å²) in [6, 6.07) is 0. The van der Waals surface area contributed by atoms with E-state index in [1.807, 2.05) is 6.92 Å². The van der Waals surface area contributed by atoms with Crippen molar-refractivity contribution < 1.29 is 19.1 Å². The maximum Gasteiger partial charge on any atom is 0.309 e. The van der Waals surface area contributed by atoms with Crippen molar-refractivity contribution in [3.63, 3.8) is 0 Å². The molecule has 0 spiro atoms. The lowest BCUT2D eigenvalue weighted by Gasteiger charge is -2.57. The molecule has 0 saturated heterocycles. The lowest BCUT2D eigenvalue weighted by Crippen LogP contribution is -2.55. The third-order valence-electron chi connectivity index (χ3n) is 12.3. The van der Waals surface area contributed by atoms with Crippen LogP contribution in [0.3, 0.4) is 0 Å². The van der Waals surface area contributed by atoms with Crippen LogP contribution in [0.2, 0.25) is 0 Å². The van der Waals surface area contributed by atoms with Crippen molar-refractivity contribution in [3.8, 4) is 0 Å². The van der Waals surface area contributed by atoms with Crippen molar-refractivity contribution in [3.05, 3.63) is 0 Å². The van der Waals surface area contributed by atoms with Crippen LogP contribution in [0, 0.1) is 52.3 Å². The molecule has 9 unspecified atom stereocenters. The molecule has 0 aromatic carbocycles. The molecule has 0 heterocycles. The molecule has 0 amide bonds. The minimum atomic E-state index is -0.536. The highest BCUT2D eigenvalue weighted by Crippen LogP contribution is 2.60. The van der Waals surface area contributed by atoms with Gasteiger partial charge >= 0.3 is 11.9 Å². The maximum absolute atomic E-state index is 13.5. The number of hydrogen-bond donors (Lipinski definition) is 0. The highest BCUT2D eigenvalue weighted by Gasteiger charge is 2.56. The van der Waals surface area contributed by atoms with Gasteiger partial charge in [-0.25, -0.2) is 0 Å². The van der Waals surface area contributed by atoms with E-state index in [2.05, 4.69) is 55.4 Å². The molecule has 4 aliphatic carbocycles. The summed E-state index contributed by atoms with van der Waals surface area (Å²) in [5.74, 6) is 3.27. The third-order valence-corrected chi connectivity index (χ3v) is 12.3. The van der Waals surface area contributed by atoms with E-state index in [0.29, 0.717) is 11.8 Å². The summed E-state index contributed by atoms with van der Waals surface area (Å²) in [5, 5.41) is 0. The van der Waals surface area contributed by atoms with Crippen LogP contribution in [-0.2, 0) is 19.1 Å². The van der Waals surface area contributed by atoms with E-state index in [9.17, 15) is 9.59 Å². The second kappa shape index (κ2) is 11.3. The fourth-order valence-corrected chi connectivity index (χ4v) is 10.3. The van der Waals surface area contributed by atoms with E-state index in [4.69, 9.17) is 9.47 Å². The van der Waals surface area contributed by atoms with E-state index < -0.39 is 17.1 Å². The molecular formula is C35H60O4. The molecule has 4 heteroatoms. The lowest BCUT2D eigenvalue weighted by atomic mass is 9.51. The van der Waals surface area contributed by atoms with Crippen molar-refractivity contribution in [1.29, 1.82) is 0 Å². The predicted octanol–water partition coefficient (Wildman–Crippen LogP) is 9.14. The molecule has 0 N–H and O–H groups in total. The predicted molar refractivity (Wildman–Crippen MR) is 158 cm³/mol. The Kier molecular flexibility index (Phi) is 8.96. The molecular weight excluding hydrogens is 484 g/mol. The minimum absolute atomic E-state index is 0.0380. The first kappa shape index (κ1) is 30.9. The molecule has 4 aliphatic rings. The Labute approximate surface area is 240 Å². The van der Waals surface area contributed by atoms with Crippen LogP contribution >= 0.6 is 0 Å². The Bertz CT molecular complexity index is 883. The van der Waals surface area contributed by atoms with Crippen LogP contribution in [0.15, 0.2) is 0 Å². The molecule has 4 bridgehead atoms. The molecule has 0 aromatic heterocycles. The highest BCUT2D eigenvalue weighted by atomic mass is 16.6. The number of rotatable bonds is 9. The van der Waals surface area contributed by atoms with Crippen LogP contribution in [-0.4, -0.2) is 23.1 Å². The Hall–Kier alpha value is -1.06. The van der Waals surface area contributed by atoms with Gasteiger partial charge < -0.3 is 9.47 Å². The van der Waals surface area contributed by atoms with Crippen molar-refractivity contribution in [1.82, 2.24) is 0 Å². The van der Waals surface area contributed by atoms with Crippen LogP contribution < -0.4 is 0 Å². The molecule has 4 nitrogen and oxygen atoms in total. The summed E-state index contributed by atoms with van der Waals surface area (Å²) < 4.78 is 12.7. The maximum atomic E-state index is 13.5. The van der Waals surface area contributed by atoms with Gasteiger partial charge in [0.05, 0.1) is 12.3 Å². The summed E-state index contributed by atoms with van der Waals surface area (Å²) in [6.45, 7) is 19.7. The Balaban J connectivity index is 1.40. The van der Waals surface area contributed by atoms with Crippen LogP contribution in [0.5, 0.6) is 0 Å². The number of carbonyl (C=O) groups excluding carboxylic acids is 2. The van der Waals surface area contributed by atoms with Crippen molar-refractivity contribution in [2.45, 2.75) is 157 Å². The number of fused-ring (bicyclic) bond motifs is 4. The zero-order valence-electron chi connectivity index (χ0n) is 26.9. The first-order chi connectivity index (χ1) is 18.1. The van der Waals surface area contributed by atoms with Gasteiger partial charge in [-0.15, -0.1) is 0 Å². The molecule has 9 atom stereocenters. The summed E-state index contributed by atoms with van der Waals surface area (Å²) in [4.78, 5) is 26.8. The fourth-order valence-electron chi connectivity index (χ4n) is 10.3. The highest BCUT2D eigenvalue weighted by molar-refractivity contribution is 5.80. The quantitative estimate of drug-likeness (QED) is 0.272. The molecule has 0 aromatic rings. The van der Waals surface area contributed by atoms with Crippen LogP contribution in [0.4, 0.5) is 0 Å². The number of hydrogen-bond acceptors (Lipinski definition) is 4. The zero-order valence-corrected chi connectivity index (χ0v) is 26.9. The lowest BCUT2D eigenvalue weighted by molar-refractivity contribution is -0.197. The largest absolute Gasteiger partial charge is 0.459 e. The summed E-state index contributed by atoms with van der Waals surface area (Å²) >= 11 is 0. The second-order valence-electron chi connectivity index (χ2n) is 16.2.